The lowest BCUT2D eigenvalue weighted by Crippen LogP contribution is -2.41. The van der Waals surface area contributed by atoms with Crippen LogP contribution in [-0.2, 0) is 22.6 Å². The van der Waals surface area contributed by atoms with E-state index < -0.39 is 6.36 Å². The van der Waals surface area contributed by atoms with Crippen molar-refractivity contribution in [3.8, 4) is 5.75 Å². The Morgan fingerprint density at radius 3 is 2.43 bits per heavy atom. The highest BCUT2D eigenvalue weighted by molar-refractivity contribution is 5.79. The van der Waals surface area contributed by atoms with E-state index in [0.717, 1.165) is 17.5 Å². The third-order valence-electron chi connectivity index (χ3n) is 5.19. The Hall–Kier alpha value is -3.03. The number of rotatable bonds is 5. The molecule has 1 unspecified atom stereocenters. The van der Waals surface area contributed by atoms with Crippen molar-refractivity contribution < 1.29 is 27.5 Å². The topological polar surface area (TPSA) is 49.9 Å². The summed E-state index contributed by atoms with van der Waals surface area (Å²) in [6.45, 7) is 2.30. The molecule has 1 aliphatic rings. The summed E-state index contributed by atoms with van der Waals surface area (Å²) in [4.78, 5) is 28.2. The predicted molar refractivity (Wildman–Crippen MR) is 104 cm³/mol. The minimum absolute atomic E-state index is 0.0785. The molecule has 0 bridgehead atoms. The van der Waals surface area contributed by atoms with Crippen molar-refractivity contribution in [3.63, 3.8) is 0 Å². The van der Waals surface area contributed by atoms with Crippen LogP contribution >= 0.6 is 0 Å². The maximum atomic E-state index is 12.9. The smallest absolute Gasteiger partial charge is 0.406 e. The summed E-state index contributed by atoms with van der Waals surface area (Å²) >= 11 is 0. The molecule has 2 amide bonds. The van der Waals surface area contributed by atoms with Crippen LogP contribution in [0.3, 0.4) is 0 Å². The molecule has 2 aromatic rings. The van der Waals surface area contributed by atoms with Crippen molar-refractivity contribution >= 4 is 11.8 Å². The van der Waals surface area contributed by atoms with E-state index in [0.29, 0.717) is 12.1 Å². The number of nitrogens with zero attached hydrogens (tertiary/aromatic N) is 2. The summed E-state index contributed by atoms with van der Waals surface area (Å²) in [6.07, 6.45) is -3.85. The number of ether oxygens (including phenoxy) is 1. The first-order chi connectivity index (χ1) is 14.1. The summed E-state index contributed by atoms with van der Waals surface area (Å²) in [5.41, 5.74) is 2.79. The molecule has 0 saturated heterocycles. The number of amides is 2. The van der Waals surface area contributed by atoms with Crippen molar-refractivity contribution in [2.75, 3.05) is 13.6 Å². The lowest BCUT2D eigenvalue weighted by atomic mass is 9.90. The number of hydrogen-bond donors (Lipinski definition) is 0. The molecule has 1 aliphatic heterocycles. The molecule has 1 heterocycles. The van der Waals surface area contributed by atoms with E-state index in [1.54, 1.807) is 11.9 Å². The second kappa shape index (κ2) is 8.77. The lowest BCUT2D eigenvalue weighted by Gasteiger charge is -2.37. The van der Waals surface area contributed by atoms with E-state index in [4.69, 9.17) is 0 Å². The van der Waals surface area contributed by atoms with Gasteiger partial charge in [0.2, 0.25) is 11.8 Å². The highest BCUT2D eigenvalue weighted by Crippen LogP contribution is 2.33. The molecule has 30 heavy (non-hydrogen) atoms. The van der Waals surface area contributed by atoms with Gasteiger partial charge in [-0.15, -0.1) is 13.2 Å². The monoisotopic (exact) mass is 420 g/mol. The first kappa shape index (κ1) is 21.7. The van der Waals surface area contributed by atoms with Crippen LogP contribution < -0.4 is 4.74 Å². The number of halogens is 3. The molecule has 1 atom stereocenters. The minimum Gasteiger partial charge on any atom is -0.406 e. The molecule has 160 valence electrons. The van der Waals surface area contributed by atoms with Gasteiger partial charge in [0.05, 0.1) is 12.5 Å². The fourth-order valence-corrected chi connectivity index (χ4v) is 3.73. The quantitative estimate of drug-likeness (QED) is 0.733. The summed E-state index contributed by atoms with van der Waals surface area (Å²) in [6, 6.07) is 12.9. The van der Waals surface area contributed by atoms with Crippen LogP contribution in [0.1, 0.15) is 36.1 Å². The first-order valence-corrected chi connectivity index (χ1v) is 9.57. The van der Waals surface area contributed by atoms with Gasteiger partial charge in [0, 0.05) is 27.1 Å². The zero-order valence-corrected chi connectivity index (χ0v) is 16.8. The lowest BCUT2D eigenvalue weighted by molar-refractivity contribution is -0.274. The molecule has 0 aliphatic carbocycles. The van der Waals surface area contributed by atoms with Gasteiger partial charge in [-0.25, -0.2) is 0 Å². The summed E-state index contributed by atoms with van der Waals surface area (Å²) < 4.78 is 40.7. The minimum atomic E-state index is -4.74. The fourth-order valence-electron chi connectivity index (χ4n) is 3.73. The molecule has 0 radical (unpaired) electrons. The Bertz CT molecular complexity index is 913. The zero-order chi connectivity index (χ0) is 21.9. The molecule has 0 fully saturated rings. The summed E-state index contributed by atoms with van der Waals surface area (Å²) in [5.74, 6) is -0.542. The van der Waals surface area contributed by atoms with Gasteiger partial charge >= 0.3 is 6.36 Å². The second-order valence-corrected chi connectivity index (χ2v) is 7.32. The van der Waals surface area contributed by atoms with Crippen LogP contribution in [0.2, 0.25) is 0 Å². The summed E-state index contributed by atoms with van der Waals surface area (Å²) in [7, 11) is 1.63. The predicted octanol–water partition coefficient (Wildman–Crippen LogP) is 4.08. The number of benzene rings is 2. The van der Waals surface area contributed by atoms with E-state index in [1.165, 1.54) is 36.1 Å². The molecule has 0 spiro atoms. The molecular formula is C22H23F3N2O3. The standard InChI is InChI=1S/C22H23F3N2O3/c1-15(28)27-12-11-17-5-3-4-6-19(17)20(27)13-21(29)26(2)14-16-7-9-18(10-8-16)30-22(23,24)25/h3-10,20H,11-14H2,1-2H3. The van der Waals surface area contributed by atoms with E-state index in [1.807, 2.05) is 24.3 Å². The van der Waals surface area contributed by atoms with Gasteiger partial charge in [0.15, 0.2) is 0 Å². The van der Waals surface area contributed by atoms with Crippen LogP contribution in [0, 0.1) is 0 Å². The van der Waals surface area contributed by atoms with E-state index >= 15 is 0 Å². The highest BCUT2D eigenvalue weighted by atomic mass is 19.4. The molecule has 8 heteroatoms. The second-order valence-electron chi connectivity index (χ2n) is 7.32. The van der Waals surface area contributed by atoms with Crippen LogP contribution in [-0.4, -0.2) is 41.6 Å². The van der Waals surface area contributed by atoms with Crippen LogP contribution in [0.25, 0.3) is 0 Å². The van der Waals surface area contributed by atoms with Gasteiger partial charge in [0.1, 0.15) is 5.75 Å². The van der Waals surface area contributed by atoms with Gasteiger partial charge in [-0.1, -0.05) is 36.4 Å². The van der Waals surface area contributed by atoms with Gasteiger partial charge in [-0.2, -0.15) is 0 Å². The molecule has 3 rings (SSSR count). The van der Waals surface area contributed by atoms with Crippen molar-refractivity contribution in [3.05, 3.63) is 65.2 Å². The number of carbonyl (C=O) groups excluding carboxylic acids is 2. The van der Waals surface area contributed by atoms with Crippen molar-refractivity contribution in [1.29, 1.82) is 0 Å². The third-order valence-corrected chi connectivity index (χ3v) is 5.19. The van der Waals surface area contributed by atoms with Crippen LogP contribution in [0.5, 0.6) is 5.75 Å². The summed E-state index contributed by atoms with van der Waals surface area (Å²) in [5, 5.41) is 0. The fraction of sp³-hybridized carbons (Fsp3) is 0.364. The van der Waals surface area contributed by atoms with Crippen molar-refractivity contribution in [2.45, 2.75) is 38.7 Å². The Morgan fingerprint density at radius 2 is 1.80 bits per heavy atom. The van der Waals surface area contributed by atoms with Crippen LogP contribution in [0.15, 0.2) is 48.5 Å². The van der Waals surface area contributed by atoms with Gasteiger partial charge in [-0.3, -0.25) is 9.59 Å². The van der Waals surface area contributed by atoms with Crippen molar-refractivity contribution in [1.82, 2.24) is 9.80 Å². The molecule has 5 nitrogen and oxygen atoms in total. The van der Waals surface area contributed by atoms with E-state index in [9.17, 15) is 22.8 Å². The maximum absolute atomic E-state index is 12.9. The third kappa shape index (κ3) is 5.31. The molecule has 2 aromatic carbocycles. The van der Waals surface area contributed by atoms with Gasteiger partial charge in [0.25, 0.3) is 0 Å². The van der Waals surface area contributed by atoms with Crippen molar-refractivity contribution in [2.24, 2.45) is 0 Å². The van der Waals surface area contributed by atoms with Gasteiger partial charge in [-0.05, 0) is 35.2 Å². The van der Waals surface area contributed by atoms with E-state index in [-0.39, 0.29) is 36.6 Å². The molecule has 0 saturated carbocycles. The van der Waals surface area contributed by atoms with Gasteiger partial charge < -0.3 is 14.5 Å². The zero-order valence-electron chi connectivity index (χ0n) is 16.8. The maximum Gasteiger partial charge on any atom is 0.573 e. The highest BCUT2D eigenvalue weighted by Gasteiger charge is 2.32. The van der Waals surface area contributed by atoms with Crippen LogP contribution in [0.4, 0.5) is 13.2 Å². The molecular weight excluding hydrogens is 397 g/mol. The Morgan fingerprint density at radius 1 is 1.13 bits per heavy atom. The Labute approximate surface area is 173 Å². The normalized spacial score (nSPS) is 16.0. The molecule has 0 aromatic heterocycles. The molecule has 0 N–H and O–H groups in total. The first-order valence-electron chi connectivity index (χ1n) is 9.57. The Balaban J connectivity index is 1.68. The average molecular weight is 420 g/mol. The number of carbonyl (C=O) groups is 2. The number of fused-ring (bicyclic) bond motifs is 1. The average Bonchev–Trinajstić information content (AvgIpc) is 2.68. The van der Waals surface area contributed by atoms with E-state index in [2.05, 4.69) is 4.74 Å². The SMILES string of the molecule is CC(=O)N1CCc2ccccc2C1CC(=O)N(C)Cc1ccc(OC(F)(F)F)cc1. The number of hydrogen-bond acceptors (Lipinski definition) is 3. The largest absolute Gasteiger partial charge is 0.573 e. The number of alkyl halides is 3. The Kier molecular flexibility index (Phi) is 6.34.